The zero-order valence-corrected chi connectivity index (χ0v) is 20.4. The van der Waals surface area contributed by atoms with Crippen LogP contribution in [0.15, 0.2) is 24.3 Å². The van der Waals surface area contributed by atoms with E-state index in [1.807, 2.05) is 52.0 Å². The number of benzene rings is 1. The molecule has 1 amide bonds. The fourth-order valence-electron chi connectivity index (χ4n) is 4.84. The number of esters is 1. The quantitative estimate of drug-likeness (QED) is 0.390. The van der Waals surface area contributed by atoms with Gasteiger partial charge in [0.1, 0.15) is 6.04 Å². The Morgan fingerprint density at radius 3 is 2.38 bits per heavy atom. The number of ether oxygens (including phenoxy) is 3. The second kappa shape index (κ2) is 11.0. The lowest BCUT2D eigenvalue weighted by Gasteiger charge is -2.48. The summed E-state index contributed by atoms with van der Waals surface area (Å²) in [5.74, 6) is -0.472. The van der Waals surface area contributed by atoms with Crippen molar-refractivity contribution in [3.63, 3.8) is 0 Å². The summed E-state index contributed by atoms with van der Waals surface area (Å²) in [6.07, 6.45) is 3.55. The van der Waals surface area contributed by atoms with Crippen LogP contribution >= 0.6 is 11.6 Å². The molecule has 1 saturated heterocycles. The first kappa shape index (κ1) is 25.0. The molecule has 2 aliphatic rings. The van der Waals surface area contributed by atoms with Crippen molar-refractivity contribution in [1.82, 2.24) is 4.90 Å². The smallest absolute Gasteiger partial charge is 0.329 e. The van der Waals surface area contributed by atoms with Crippen LogP contribution in [0.4, 0.5) is 0 Å². The van der Waals surface area contributed by atoms with Gasteiger partial charge in [-0.25, -0.2) is 4.79 Å². The minimum Gasteiger partial charge on any atom is -0.461 e. The van der Waals surface area contributed by atoms with E-state index in [-0.39, 0.29) is 30.2 Å². The van der Waals surface area contributed by atoms with Crippen LogP contribution in [0.5, 0.6) is 0 Å². The standard InChI is InChI=1S/C25H36ClNO5/c1-5-30-18(4)31-16-19-8-6-15-27(22(19)23(28)32-17(2)3)24(29)25(13-7-14-25)20-9-11-21(26)12-10-20/h9-12,17-19,22H,5-8,13-16H2,1-4H3. The number of halogens is 1. The third-order valence-electron chi connectivity index (χ3n) is 6.57. The highest BCUT2D eigenvalue weighted by atomic mass is 35.5. The first-order valence-electron chi connectivity index (χ1n) is 11.8. The first-order chi connectivity index (χ1) is 15.3. The van der Waals surface area contributed by atoms with Gasteiger partial charge in [-0.1, -0.05) is 30.2 Å². The van der Waals surface area contributed by atoms with E-state index in [2.05, 4.69) is 0 Å². The van der Waals surface area contributed by atoms with Gasteiger partial charge >= 0.3 is 5.97 Å². The summed E-state index contributed by atoms with van der Waals surface area (Å²) in [4.78, 5) is 29.0. The van der Waals surface area contributed by atoms with Gasteiger partial charge in [0, 0.05) is 24.1 Å². The van der Waals surface area contributed by atoms with Gasteiger partial charge in [0.2, 0.25) is 5.91 Å². The maximum Gasteiger partial charge on any atom is 0.329 e. The minimum atomic E-state index is -0.655. The van der Waals surface area contributed by atoms with Crippen molar-refractivity contribution in [2.45, 2.75) is 83.6 Å². The number of carbonyl (C=O) groups is 2. The number of amides is 1. The summed E-state index contributed by atoms with van der Waals surface area (Å²) in [6, 6.07) is 6.88. The maximum absolute atomic E-state index is 14.0. The van der Waals surface area contributed by atoms with Crippen LogP contribution in [0.2, 0.25) is 5.02 Å². The summed E-state index contributed by atoms with van der Waals surface area (Å²) in [5.41, 5.74) is 0.375. The molecular formula is C25H36ClNO5. The van der Waals surface area contributed by atoms with Gasteiger partial charge < -0.3 is 19.1 Å². The highest BCUT2D eigenvalue weighted by Gasteiger charge is 2.52. The van der Waals surface area contributed by atoms with Crippen molar-refractivity contribution >= 4 is 23.5 Å². The van der Waals surface area contributed by atoms with Gasteiger partial charge in [-0.3, -0.25) is 4.79 Å². The molecule has 6 nitrogen and oxygen atoms in total. The lowest BCUT2D eigenvalue weighted by Crippen LogP contribution is -2.60. The van der Waals surface area contributed by atoms with Crippen LogP contribution in [-0.2, 0) is 29.2 Å². The number of likely N-dealkylation sites (tertiary alicyclic amines) is 1. The predicted octanol–water partition coefficient (Wildman–Crippen LogP) is 4.72. The highest BCUT2D eigenvalue weighted by Crippen LogP contribution is 2.46. The molecule has 1 saturated carbocycles. The number of hydrogen-bond acceptors (Lipinski definition) is 5. The Morgan fingerprint density at radius 2 is 1.81 bits per heavy atom. The van der Waals surface area contributed by atoms with Crippen LogP contribution in [0.1, 0.15) is 65.4 Å². The zero-order valence-electron chi connectivity index (χ0n) is 19.6. The molecule has 1 aromatic rings. The fourth-order valence-corrected chi connectivity index (χ4v) is 4.97. The molecule has 1 aliphatic carbocycles. The van der Waals surface area contributed by atoms with Crippen LogP contribution < -0.4 is 0 Å². The van der Waals surface area contributed by atoms with E-state index in [9.17, 15) is 9.59 Å². The van der Waals surface area contributed by atoms with Crippen LogP contribution in [-0.4, -0.2) is 55.0 Å². The van der Waals surface area contributed by atoms with Gasteiger partial charge in [-0.05, 0) is 71.1 Å². The molecule has 0 bridgehead atoms. The Kier molecular flexibility index (Phi) is 8.59. The van der Waals surface area contributed by atoms with E-state index in [0.29, 0.717) is 24.8 Å². The van der Waals surface area contributed by atoms with Crippen LogP contribution in [0.3, 0.4) is 0 Å². The Labute approximate surface area is 196 Å². The number of piperidine rings is 1. The average molecular weight is 466 g/mol. The molecule has 1 aromatic carbocycles. The second-order valence-electron chi connectivity index (χ2n) is 9.13. The normalized spacial score (nSPS) is 23.5. The first-order valence-corrected chi connectivity index (χ1v) is 12.2. The number of hydrogen-bond donors (Lipinski definition) is 0. The van der Waals surface area contributed by atoms with Crippen molar-refractivity contribution < 1.29 is 23.8 Å². The van der Waals surface area contributed by atoms with E-state index in [1.54, 1.807) is 4.90 Å². The molecule has 3 rings (SSSR count). The number of rotatable bonds is 9. The van der Waals surface area contributed by atoms with Crippen LogP contribution in [0, 0.1) is 5.92 Å². The molecule has 7 heteroatoms. The van der Waals surface area contributed by atoms with Crippen molar-refractivity contribution in [2.75, 3.05) is 19.8 Å². The molecule has 1 aliphatic heterocycles. The Morgan fingerprint density at radius 1 is 1.12 bits per heavy atom. The third-order valence-corrected chi connectivity index (χ3v) is 6.82. The fraction of sp³-hybridized carbons (Fsp3) is 0.680. The zero-order chi connectivity index (χ0) is 23.3. The van der Waals surface area contributed by atoms with Crippen LogP contribution in [0.25, 0.3) is 0 Å². The summed E-state index contributed by atoms with van der Waals surface area (Å²) in [5, 5.41) is 0.646. The highest BCUT2D eigenvalue weighted by molar-refractivity contribution is 6.30. The van der Waals surface area contributed by atoms with E-state index in [0.717, 1.165) is 37.7 Å². The molecule has 3 unspecified atom stereocenters. The van der Waals surface area contributed by atoms with Crippen molar-refractivity contribution in [2.24, 2.45) is 5.92 Å². The lowest BCUT2D eigenvalue weighted by atomic mass is 9.63. The second-order valence-corrected chi connectivity index (χ2v) is 9.57. The van der Waals surface area contributed by atoms with E-state index >= 15 is 0 Å². The molecule has 178 valence electrons. The summed E-state index contributed by atoms with van der Waals surface area (Å²) >= 11 is 6.09. The van der Waals surface area contributed by atoms with Gasteiger partial charge in [-0.15, -0.1) is 0 Å². The summed E-state index contributed by atoms with van der Waals surface area (Å²) in [7, 11) is 0. The van der Waals surface area contributed by atoms with Gasteiger partial charge in [0.25, 0.3) is 0 Å². The average Bonchev–Trinajstić information content (AvgIpc) is 2.72. The van der Waals surface area contributed by atoms with Crippen molar-refractivity contribution in [3.8, 4) is 0 Å². The van der Waals surface area contributed by atoms with E-state index in [4.69, 9.17) is 25.8 Å². The summed E-state index contributed by atoms with van der Waals surface area (Å²) in [6.45, 7) is 8.87. The minimum absolute atomic E-state index is 0.0133. The molecule has 0 N–H and O–H groups in total. The largest absolute Gasteiger partial charge is 0.461 e. The van der Waals surface area contributed by atoms with E-state index < -0.39 is 11.5 Å². The Bertz CT molecular complexity index is 777. The molecule has 2 fully saturated rings. The predicted molar refractivity (Wildman–Crippen MR) is 123 cm³/mol. The van der Waals surface area contributed by atoms with Gasteiger partial charge in [-0.2, -0.15) is 0 Å². The third kappa shape index (κ3) is 5.46. The molecule has 0 radical (unpaired) electrons. The topological polar surface area (TPSA) is 65.1 Å². The molecule has 0 aromatic heterocycles. The Balaban J connectivity index is 1.86. The lowest BCUT2D eigenvalue weighted by molar-refractivity contribution is -0.174. The SMILES string of the molecule is CCOC(C)OCC1CCCN(C(=O)C2(c3ccc(Cl)cc3)CCC2)C1C(=O)OC(C)C. The van der Waals surface area contributed by atoms with Crippen molar-refractivity contribution in [3.05, 3.63) is 34.9 Å². The Hall–Kier alpha value is -1.63. The number of carbonyl (C=O) groups excluding carboxylic acids is 2. The maximum atomic E-state index is 14.0. The molecule has 0 spiro atoms. The van der Waals surface area contributed by atoms with E-state index in [1.165, 1.54) is 0 Å². The van der Waals surface area contributed by atoms with Crippen molar-refractivity contribution in [1.29, 1.82) is 0 Å². The number of nitrogens with zero attached hydrogens (tertiary/aromatic N) is 1. The van der Waals surface area contributed by atoms with Gasteiger partial charge in [0.15, 0.2) is 6.29 Å². The summed E-state index contributed by atoms with van der Waals surface area (Å²) < 4.78 is 17.0. The van der Waals surface area contributed by atoms with Gasteiger partial charge in [0.05, 0.1) is 18.1 Å². The molecular weight excluding hydrogens is 430 g/mol. The molecule has 3 atom stereocenters. The monoisotopic (exact) mass is 465 g/mol. The molecule has 1 heterocycles. The molecule has 32 heavy (non-hydrogen) atoms.